The van der Waals surface area contributed by atoms with Crippen molar-refractivity contribution >= 4 is 0 Å². The first-order valence-electron chi connectivity index (χ1n) is 4.94. The zero-order valence-electron chi connectivity index (χ0n) is 7.88. The number of nitrogens with zero attached hydrogens (tertiary/aromatic N) is 1. The van der Waals surface area contributed by atoms with Gasteiger partial charge in [0.05, 0.1) is 0 Å². The van der Waals surface area contributed by atoms with Crippen molar-refractivity contribution in [2.75, 3.05) is 13.6 Å². The molecule has 1 heterocycles. The standard InChI is InChI=1S/C10H19N/c1-4-7(2)10-9-5-8(9)6-11(10)3/h7-10H,4-6H2,1-3H3/t7?,8-,9-,10+/m0/s1. The Morgan fingerprint density at radius 2 is 2.27 bits per heavy atom. The summed E-state index contributed by atoms with van der Waals surface area (Å²) in [6.45, 7) is 6.09. The van der Waals surface area contributed by atoms with Crippen molar-refractivity contribution in [2.24, 2.45) is 17.8 Å². The maximum Gasteiger partial charge on any atom is 0.0149 e. The molecule has 4 atom stereocenters. The lowest BCUT2D eigenvalue weighted by Gasteiger charge is -2.27. The monoisotopic (exact) mass is 153 g/mol. The molecule has 1 aliphatic heterocycles. The van der Waals surface area contributed by atoms with Gasteiger partial charge in [0.15, 0.2) is 0 Å². The van der Waals surface area contributed by atoms with Crippen molar-refractivity contribution in [3.63, 3.8) is 0 Å². The molecule has 1 heteroatoms. The summed E-state index contributed by atoms with van der Waals surface area (Å²) in [7, 11) is 2.29. The van der Waals surface area contributed by atoms with E-state index in [1.165, 1.54) is 19.4 Å². The summed E-state index contributed by atoms with van der Waals surface area (Å²) in [5, 5.41) is 0. The van der Waals surface area contributed by atoms with Crippen LogP contribution >= 0.6 is 0 Å². The van der Waals surface area contributed by atoms with E-state index in [-0.39, 0.29) is 0 Å². The van der Waals surface area contributed by atoms with Gasteiger partial charge < -0.3 is 4.90 Å². The highest BCUT2D eigenvalue weighted by atomic mass is 15.2. The minimum absolute atomic E-state index is 0.914. The highest BCUT2D eigenvalue weighted by molar-refractivity contribution is 5.04. The van der Waals surface area contributed by atoms with E-state index >= 15 is 0 Å². The second-order valence-electron chi connectivity index (χ2n) is 4.48. The zero-order valence-corrected chi connectivity index (χ0v) is 7.88. The third kappa shape index (κ3) is 1.10. The van der Waals surface area contributed by atoms with Crippen molar-refractivity contribution in [2.45, 2.75) is 32.7 Å². The van der Waals surface area contributed by atoms with E-state index in [0.717, 1.165) is 23.8 Å². The van der Waals surface area contributed by atoms with Crippen LogP contribution in [0.1, 0.15) is 26.7 Å². The molecule has 0 spiro atoms. The summed E-state index contributed by atoms with van der Waals surface area (Å²) >= 11 is 0. The predicted molar refractivity (Wildman–Crippen MR) is 47.5 cm³/mol. The Morgan fingerprint density at radius 1 is 1.55 bits per heavy atom. The Hall–Kier alpha value is -0.0400. The van der Waals surface area contributed by atoms with Gasteiger partial charge in [-0.05, 0) is 31.2 Å². The maximum atomic E-state index is 2.58. The van der Waals surface area contributed by atoms with Crippen LogP contribution in [0.5, 0.6) is 0 Å². The number of hydrogen-bond acceptors (Lipinski definition) is 1. The van der Waals surface area contributed by atoms with Gasteiger partial charge >= 0.3 is 0 Å². The molecule has 1 unspecified atom stereocenters. The van der Waals surface area contributed by atoms with Gasteiger partial charge in [-0.3, -0.25) is 0 Å². The number of hydrogen-bond donors (Lipinski definition) is 0. The average Bonchev–Trinajstić information content (AvgIpc) is 2.63. The molecule has 1 nitrogen and oxygen atoms in total. The number of fused-ring (bicyclic) bond motifs is 1. The lowest BCUT2D eigenvalue weighted by atomic mass is 9.95. The Morgan fingerprint density at radius 3 is 2.73 bits per heavy atom. The first-order valence-corrected chi connectivity index (χ1v) is 4.94. The molecule has 64 valence electrons. The Bertz CT molecular complexity index is 153. The number of piperidine rings is 1. The molecule has 0 aromatic rings. The first kappa shape index (κ1) is 7.60. The van der Waals surface area contributed by atoms with Crippen LogP contribution in [-0.4, -0.2) is 24.5 Å². The molecule has 0 amide bonds. The van der Waals surface area contributed by atoms with E-state index in [9.17, 15) is 0 Å². The van der Waals surface area contributed by atoms with Gasteiger partial charge in [0.25, 0.3) is 0 Å². The van der Waals surface area contributed by atoms with Crippen molar-refractivity contribution in [1.82, 2.24) is 4.90 Å². The molecule has 2 rings (SSSR count). The van der Waals surface area contributed by atoms with Crippen LogP contribution < -0.4 is 0 Å². The van der Waals surface area contributed by atoms with Gasteiger partial charge in [0.2, 0.25) is 0 Å². The molecule has 0 aromatic heterocycles. The maximum absolute atomic E-state index is 2.58. The van der Waals surface area contributed by atoms with Crippen LogP contribution in [0.15, 0.2) is 0 Å². The molecule has 0 radical (unpaired) electrons. The van der Waals surface area contributed by atoms with Crippen LogP contribution in [0.25, 0.3) is 0 Å². The fraction of sp³-hybridized carbons (Fsp3) is 1.00. The Kier molecular flexibility index (Phi) is 1.71. The first-order chi connectivity index (χ1) is 5.24. The van der Waals surface area contributed by atoms with Crippen molar-refractivity contribution < 1.29 is 0 Å². The molecule has 0 N–H and O–H groups in total. The highest BCUT2D eigenvalue weighted by Crippen LogP contribution is 2.51. The Balaban J connectivity index is 2.00. The van der Waals surface area contributed by atoms with Gasteiger partial charge in [-0.2, -0.15) is 0 Å². The number of rotatable bonds is 2. The fourth-order valence-corrected chi connectivity index (χ4v) is 2.82. The molecule has 2 fully saturated rings. The summed E-state index contributed by atoms with van der Waals surface area (Å²) in [4.78, 5) is 2.58. The zero-order chi connectivity index (χ0) is 8.01. The summed E-state index contributed by atoms with van der Waals surface area (Å²) in [6.07, 6.45) is 2.87. The highest BCUT2D eigenvalue weighted by Gasteiger charge is 2.52. The molecule has 1 saturated carbocycles. The van der Waals surface area contributed by atoms with Crippen molar-refractivity contribution in [3.8, 4) is 0 Å². The second-order valence-corrected chi connectivity index (χ2v) is 4.48. The minimum Gasteiger partial charge on any atom is -0.303 e. The van der Waals surface area contributed by atoms with Gasteiger partial charge in [0, 0.05) is 12.6 Å². The largest absolute Gasteiger partial charge is 0.303 e. The van der Waals surface area contributed by atoms with Crippen molar-refractivity contribution in [1.29, 1.82) is 0 Å². The van der Waals surface area contributed by atoms with Gasteiger partial charge in [0.1, 0.15) is 0 Å². The molecular formula is C10H19N. The normalized spacial score (nSPS) is 45.5. The Labute approximate surface area is 69.8 Å². The van der Waals surface area contributed by atoms with Gasteiger partial charge in [-0.15, -0.1) is 0 Å². The van der Waals surface area contributed by atoms with Crippen LogP contribution in [-0.2, 0) is 0 Å². The van der Waals surface area contributed by atoms with Crippen LogP contribution in [0.2, 0.25) is 0 Å². The molecule has 0 aromatic carbocycles. The molecule has 1 aliphatic carbocycles. The average molecular weight is 153 g/mol. The molecule has 1 saturated heterocycles. The summed E-state index contributed by atoms with van der Waals surface area (Å²) in [5.74, 6) is 3.08. The van der Waals surface area contributed by atoms with E-state index in [4.69, 9.17) is 0 Å². The SMILES string of the molecule is CCC(C)[C@@H]1[C@H]2C[C@H]2CN1C. The van der Waals surface area contributed by atoms with E-state index in [2.05, 4.69) is 25.8 Å². The molecule has 2 aliphatic rings. The third-order valence-electron chi connectivity index (χ3n) is 3.67. The molecule has 11 heavy (non-hydrogen) atoms. The smallest absolute Gasteiger partial charge is 0.0149 e. The van der Waals surface area contributed by atoms with Crippen LogP contribution in [0.4, 0.5) is 0 Å². The van der Waals surface area contributed by atoms with E-state index in [0.29, 0.717) is 0 Å². The van der Waals surface area contributed by atoms with E-state index in [1.807, 2.05) is 0 Å². The summed E-state index contributed by atoms with van der Waals surface area (Å²) < 4.78 is 0. The number of likely N-dealkylation sites (tertiary alicyclic amines) is 1. The predicted octanol–water partition coefficient (Wildman–Crippen LogP) is 1.98. The van der Waals surface area contributed by atoms with E-state index < -0.39 is 0 Å². The van der Waals surface area contributed by atoms with Crippen LogP contribution in [0.3, 0.4) is 0 Å². The topological polar surface area (TPSA) is 3.24 Å². The van der Waals surface area contributed by atoms with Crippen molar-refractivity contribution in [3.05, 3.63) is 0 Å². The van der Waals surface area contributed by atoms with Gasteiger partial charge in [-0.25, -0.2) is 0 Å². The third-order valence-corrected chi connectivity index (χ3v) is 3.67. The fourth-order valence-electron chi connectivity index (χ4n) is 2.82. The quantitative estimate of drug-likeness (QED) is 0.586. The minimum atomic E-state index is 0.914. The summed E-state index contributed by atoms with van der Waals surface area (Å²) in [5.41, 5.74) is 0. The van der Waals surface area contributed by atoms with Crippen LogP contribution in [0, 0.1) is 17.8 Å². The lowest BCUT2D eigenvalue weighted by Crippen LogP contribution is -2.34. The second kappa shape index (κ2) is 2.48. The lowest BCUT2D eigenvalue weighted by molar-refractivity contribution is 0.200. The molecule has 0 bridgehead atoms. The van der Waals surface area contributed by atoms with E-state index in [1.54, 1.807) is 0 Å². The summed E-state index contributed by atoms with van der Waals surface area (Å²) in [6, 6.07) is 0.921. The molecular weight excluding hydrogens is 134 g/mol. The van der Waals surface area contributed by atoms with Gasteiger partial charge in [-0.1, -0.05) is 20.3 Å².